The number of nitrogens with one attached hydrogen (secondary N) is 4. The maximum Gasteiger partial charge on any atom is 0.269 e. The Morgan fingerprint density at radius 2 is 2.19 bits per heavy atom. The zero-order valence-corrected chi connectivity index (χ0v) is 13.0. The largest absolute Gasteiger partial charge is 0.358 e. The van der Waals surface area contributed by atoms with Crippen LogP contribution in [-0.2, 0) is 11.3 Å². The molecule has 0 aliphatic heterocycles. The fraction of sp³-hybridized carbons (Fsp3) is 0.643. The van der Waals surface area contributed by atoms with E-state index in [9.17, 15) is 9.59 Å². The van der Waals surface area contributed by atoms with Gasteiger partial charge in [-0.15, -0.1) is 0 Å². The van der Waals surface area contributed by atoms with Gasteiger partial charge >= 0.3 is 0 Å². The molecule has 7 nitrogen and oxygen atoms in total. The van der Waals surface area contributed by atoms with Gasteiger partial charge < -0.3 is 20.9 Å². The summed E-state index contributed by atoms with van der Waals surface area (Å²) >= 11 is 0. The summed E-state index contributed by atoms with van der Waals surface area (Å²) in [5.41, 5.74) is 0.359. The first kappa shape index (κ1) is 17.2. The van der Waals surface area contributed by atoms with Gasteiger partial charge in [0.15, 0.2) is 0 Å². The van der Waals surface area contributed by atoms with Crippen LogP contribution < -0.4 is 16.0 Å². The minimum atomic E-state index is -0.336. The van der Waals surface area contributed by atoms with Gasteiger partial charge in [0.1, 0.15) is 11.5 Å². The first-order chi connectivity index (χ1) is 10.1. The topological polar surface area (TPSA) is 98.9 Å². The normalized spacial score (nSPS) is 12.0. The molecule has 1 rings (SSSR count). The Hall–Kier alpha value is -1.89. The summed E-state index contributed by atoms with van der Waals surface area (Å²) in [5.74, 6) is 0.844. The highest BCUT2D eigenvalue weighted by atomic mass is 16.2. The van der Waals surface area contributed by atoms with Crippen molar-refractivity contribution in [2.75, 3.05) is 20.1 Å². The quantitative estimate of drug-likeness (QED) is 0.496. The van der Waals surface area contributed by atoms with Crippen molar-refractivity contribution in [3.63, 3.8) is 0 Å². The molecule has 2 amide bonds. The molecule has 1 aromatic heterocycles. The number of nitrogens with zero attached hydrogens (tertiary/aromatic N) is 1. The number of aromatic amines is 1. The zero-order chi connectivity index (χ0) is 15.7. The van der Waals surface area contributed by atoms with Gasteiger partial charge in [0.25, 0.3) is 5.91 Å². The molecule has 0 spiro atoms. The lowest BCUT2D eigenvalue weighted by Gasteiger charge is -2.08. The lowest BCUT2D eigenvalue weighted by Crippen LogP contribution is -2.35. The van der Waals surface area contributed by atoms with E-state index in [-0.39, 0.29) is 18.4 Å². The fourth-order valence-electron chi connectivity index (χ4n) is 1.67. The predicted octanol–water partition coefficient (Wildman–Crippen LogP) is 0.411. The molecular formula is C14H25N5O2. The van der Waals surface area contributed by atoms with Crippen LogP contribution in [0.2, 0.25) is 0 Å². The first-order valence-electron chi connectivity index (χ1n) is 7.30. The summed E-state index contributed by atoms with van der Waals surface area (Å²) in [6, 6.07) is 0. The number of amides is 2. The van der Waals surface area contributed by atoms with E-state index in [1.165, 1.54) is 19.7 Å². The third-order valence-electron chi connectivity index (χ3n) is 3.36. The first-order valence-corrected chi connectivity index (χ1v) is 7.30. The number of carbonyl (C=O) groups is 2. The van der Waals surface area contributed by atoms with E-state index in [0.717, 1.165) is 13.0 Å². The molecule has 1 unspecified atom stereocenters. The molecule has 0 aromatic carbocycles. The van der Waals surface area contributed by atoms with Crippen molar-refractivity contribution in [3.05, 3.63) is 17.7 Å². The number of H-pyrrole nitrogens is 1. The van der Waals surface area contributed by atoms with E-state index < -0.39 is 0 Å². The Morgan fingerprint density at radius 3 is 2.86 bits per heavy atom. The molecule has 21 heavy (non-hydrogen) atoms. The van der Waals surface area contributed by atoms with E-state index in [2.05, 4.69) is 39.8 Å². The van der Waals surface area contributed by atoms with Gasteiger partial charge in [-0.25, -0.2) is 4.98 Å². The minimum absolute atomic E-state index is 0.0448. The van der Waals surface area contributed by atoms with E-state index in [1.54, 1.807) is 0 Å². The lowest BCUT2D eigenvalue weighted by atomic mass is 10.1. The zero-order valence-electron chi connectivity index (χ0n) is 13.0. The van der Waals surface area contributed by atoms with Crippen LogP contribution in [0.1, 0.15) is 43.0 Å². The number of imidazole rings is 1. The fourth-order valence-corrected chi connectivity index (χ4v) is 1.67. The number of hydrogen-bond acceptors (Lipinski definition) is 4. The summed E-state index contributed by atoms with van der Waals surface area (Å²) in [6.45, 7) is 5.88. The summed E-state index contributed by atoms with van der Waals surface area (Å²) in [6.07, 6.45) is 3.78. The van der Waals surface area contributed by atoms with Crippen molar-refractivity contribution < 1.29 is 9.59 Å². The van der Waals surface area contributed by atoms with Crippen LogP contribution >= 0.6 is 0 Å². The summed E-state index contributed by atoms with van der Waals surface area (Å²) in [4.78, 5) is 29.9. The van der Waals surface area contributed by atoms with Gasteiger partial charge in [0.05, 0.1) is 19.3 Å². The number of hydrogen-bond donors (Lipinski definition) is 4. The van der Waals surface area contributed by atoms with Crippen LogP contribution in [0, 0.1) is 5.92 Å². The summed E-state index contributed by atoms with van der Waals surface area (Å²) in [5, 5.41) is 8.23. The van der Waals surface area contributed by atoms with Crippen LogP contribution in [-0.4, -0.2) is 41.9 Å². The Kier molecular flexibility index (Phi) is 7.45. The lowest BCUT2D eigenvalue weighted by molar-refractivity contribution is -0.119. The molecule has 4 N–H and O–H groups in total. The summed E-state index contributed by atoms with van der Waals surface area (Å²) < 4.78 is 0. The molecule has 0 aliphatic carbocycles. The molecule has 0 bridgehead atoms. The number of rotatable bonds is 9. The SMILES string of the molecule is CCC(C)CCNCc1ncc(C(=O)NCC(=O)NC)[nH]1. The summed E-state index contributed by atoms with van der Waals surface area (Å²) in [7, 11) is 1.52. The highest BCUT2D eigenvalue weighted by Gasteiger charge is 2.10. The molecule has 0 saturated carbocycles. The second kappa shape index (κ2) is 9.12. The monoisotopic (exact) mass is 295 g/mol. The number of likely N-dealkylation sites (N-methyl/N-ethyl adjacent to an activating group) is 1. The predicted molar refractivity (Wildman–Crippen MR) is 80.8 cm³/mol. The smallest absolute Gasteiger partial charge is 0.269 e. The average Bonchev–Trinajstić information content (AvgIpc) is 2.97. The van der Waals surface area contributed by atoms with Crippen molar-refractivity contribution in [1.29, 1.82) is 0 Å². The van der Waals surface area contributed by atoms with Crippen LogP contribution in [0.25, 0.3) is 0 Å². The van der Waals surface area contributed by atoms with E-state index >= 15 is 0 Å². The second-order valence-corrected chi connectivity index (χ2v) is 5.08. The molecule has 0 fully saturated rings. The molecule has 7 heteroatoms. The molecule has 0 radical (unpaired) electrons. The van der Waals surface area contributed by atoms with Crippen molar-refractivity contribution in [2.45, 2.75) is 33.2 Å². The molecule has 1 aromatic rings. The molecule has 118 valence electrons. The van der Waals surface area contributed by atoms with Crippen LogP contribution in [0.4, 0.5) is 0 Å². The van der Waals surface area contributed by atoms with Gasteiger partial charge in [0.2, 0.25) is 5.91 Å². The second-order valence-electron chi connectivity index (χ2n) is 5.08. The van der Waals surface area contributed by atoms with Gasteiger partial charge in [-0.2, -0.15) is 0 Å². The number of carbonyl (C=O) groups excluding carboxylic acids is 2. The van der Waals surface area contributed by atoms with Gasteiger partial charge in [-0.05, 0) is 18.9 Å². The molecule has 1 atom stereocenters. The Labute approximate surface area is 125 Å². The van der Waals surface area contributed by atoms with Crippen molar-refractivity contribution >= 4 is 11.8 Å². The molecule has 1 heterocycles. The van der Waals surface area contributed by atoms with Crippen LogP contribution in [0.15, 0.2) is 6.20 Å². The molecule has 0 saturated heterocycles. The van der Waals surface area contributed by atoms with E-state index in [0.29, 0.717) is 24.0 Å². The maximum absolute atomic E-state index is 11.8. The van der Waals surface area contributed by atoms with Crippen molar-refractivity contribution in [3.8, 4) is 0 Å². The van der Waals surface area contributed by atoms with Gasteiger partial charge in [-0.1, -0.05) is 20.3 Å². The minimum Gasteiger partial charge on any atom is -0.358 e. The Morgan fingerprint density at radius 1 is 1.43 bits per heavy atom. The van der Waals surface area contributed by atoms with Crippen molar-refractivity contribution in [2.24, 2.45) is 5.92 Å². The van der Waals surface area contributed by atoms with E-state index in [4.69, 9.17) is 0 Å². The highest BCUT2D eigenvalue weighted by Crippen LogP contribution is 2.04. The maximum atomic E-state index is 11.8. The average molecular weight is 295 g/mol. The van der Waals surface area contributed by atoms with Crippen LogP contribution in [0.3, 0.4) is 0 Å². The van der Waals surface area contributed by atoms with Crippen molar-refractivity contribution in [1.82, 2.24) is 25.9 Å². The molecule has 0 aliphatic rings. The molecular weight excluding hydrogens is 270 g/mol. The van der Waals surface area contributed by atoms with E-state index in [1.807, 2.05) is 0 Å². The number of aromatic nitrogens is 2. The highest BCUT2D eigenvalue weighted by molar-refractivity contribution is 5.94. The third kappa shape index (κ3) is 6.40. The third-order valence-corrected chi connectivity index (χ3v) is 3.36. The Balaban J connectivity index is 2.32. The van der Waals surface area contributed by atoms with Crippen LogP contribution in [0.5, 0.6) is 0 Å². The van der Waals surface area contributed by atoms with Gasteiger partial charge in [-0.3, -0.25) is 9.59 Å². The standard InChI is InChI=1S/C14H25N5O2/c1-4-10(2)5-6-16-8-12-17-7-11(19-12)14(21)18-9-13(20)15-3/h7,10,16H,4-6,8-9H2,1-3H3,(H,15,20)(H,17,19)(H,18,21). The Bertz CT molecular complexity index is 458. The van der Waals surface area contributed by atoms with Gasteiger partial charge in [0, 0.05) is 7.05 Å².